The van der Waals surface area contributed by atoms with Gasteiger partial charge in [-0.1, -0.05) is 6.07 Å². The van der Waals surface area contributed by atoms with Crippen molar-refractivity contribution in [2.45, 2.75) is 57.2 Å². The van der Waals surface area contributed by atoms with Crippen molar-refractivity contribution in [3.8, 4) is 11.1 Å². The molecule has 2 amide bonds. The Hall–Kier alpha value is -3.39. The first-order chi connectivity index (χ1) is 16.3. The number of carbonyl (C=O) groups excluding carboxylic acids is 1. The Kier molecular flexibility index (Phi) is 4.71. The van der Waals surface area contributed by atoms with E-state index in [0.717, 1.165) is 57.3 Å². The minimum absolute atomic E-state index is 0.202. The van der Waals surface area contributed by atoms with E-state index in [4.69, 9.17) is 0 Å². The monoisotopic (exact) mass is 460 g/mol. The molecule has 34 heavy (non-hydrogen) atoms. The summed E-state index contributed by atoms with van der Waals surface area (Å²) >= 11 is 0. The molecule has 8 heteroatoms. The van der Waals surface area contributed by atoms with Gasteiger partial charge in [0.2, 0.25) is 0 Å². The first-order valence-electron chi connectivity index (χ1n) is 12.0. The van der Waals surface area contributed by atoms with Gasteiger partial charge >= 0.3 is 6.09 Å². The summed E-state index contributed by atoms with van der Waals surface area (Å²) in [5.74, 6) is -0.202. The van der Waals surface area contributed by atoms with Crippen molar-refractivity contribution >= 4 is 23.0 Å². The molecule has 176 valence electrons. The standard InChI is InChI=1S/C26H28N4O4/c1-15-12-27-23-19(15)11-18(13-28-23)17-9-16-4-8-29(24(31)26(34)5-6-26)14-21(16)20(10-17)22-3-2-7-30(22)25(32)33/h9-13,22,34H,2-8,14H2,1H3,(H,27,28)(H,32,33)/t22-/m0/s1. The lowest BCUT2D eigenvalue weighted by molar-refractivity contribution is -0.143. The third kappa shape index (κ3) is 3.36. The minimum atomic E-state index is -1.20. The highest BCUT2D eigenvalue weighted by atomic mass is 16.4. The van der Waals surface area contributed by atoms with E-state index in [1.54, 1.807) is 4.90 Å². The number of pyridine rings is 1. The number of aryl methyl sites for hydroxylation is 1. The normalized spacial score (nSPS) is 21.1. The predicted octanol–water partition coefficient (Wildman–Crippen LogP) is 3.76. The summed E-state index contributed by atoms with van der Waals surface area (Å²) in [6, 6.07) is 6.15. The Morgan fingerprint density at radius 1 is 1.18 bits per heavy atom. The molecule has 1 atom stereocenters. The molecule has 4 heterocycles. The van der Waals surface area contributed by atoms with Gasteiger partial charge in [0.05, 0.1) is 6.04 Å². The zero-order valence-electron chi connectivity index (χ0n) is 19.2. The smallest absolute Gasteiger partial charge is 0.407 e. The fraction of sp³-hybridized carbons (Fsp3) is 0.423. The van der Waals surface area contributed by atoms with Crippen molar-refractivity contribution < 1.29 is 19.8 Å². The van der Waals surface area contributed by atoms with Gasteiger partial charge in [0, 0.05) is 43.0 Å². The van der Waals surface area contributed by atoms with Crippen LogP contribution in [0.3, 0.4) is 0 Å². The summed E-state index contributed by atoms with van der Waals surface area (Å²) < 4.78 is 0. The first-order valence-corrected chi connectivity index (χ1v) is 12.0. The highest BCUT2D eigenvalue weighted by molar-refractivity contribution is 5.88. The third-order valence-corrected chi connectivity index (χ3v) is 7.71. The number of carbonyl (C=O) groups is 2. The molecule has 6 rings (SSSR count). The molecule has 2 aliphatic heterocycles. The van der Waals surface area contributed by atoms with Crippen LogP contribution in [0.5, 0.6) is 0 Å². The molecular formula is C26H28N4O4. The number of nitrogens with one attached hydrogen (secondary N) is 1. The summed E-state index contributed by atoms with van der Waals surface area (Å²) in [6.07, 6.45) is 6.18. The van der Waals surface area contributed by atoms with Gasteiger partial charge in [-0.25, -0.2) is 9.78 Å². The average Bonchev–Trinajstić information content (AvgIpc) is 3.24. The van der Waals surface area contributed by atoms with E-state index >= 15 is 0 Å². The lowest BCUT2D eigenvalue weighted by atomic mass is 9.86. The van der Waals surface area contributed by atoms with Crippen LogP contribution in [0.15, 0.2) is 30.6 Å². The lowest BCUT2D eigenvalue weighted by Gasteiger charge is -2.34. The highest BCUT2D eigenvalue weighted by Crippen LogP contribution is 2.42. The quantitative estimate of drug-likeness (QED) is 0.551. The van der Waals surface area contributed by atoms with Gasteiger partial charge in [0.25, 0.3) is 5.91 Å². The molecule has 1 aromatic carbocycles. The van der Waals surface area contributed by atoms with E-state index in [-0.39, 0.29) is 11.9 Å². The van der Waals surface area contributed by atoms with Crippen LogP contribution in [0.25, 0.3) is 22.2 Å². The zero-order chi connectivity index (χ0) is 23.6. The van der Waals surface area contributed by atoms with Gasteiger partial charge in [-0.2, -0.15) is 0 Å². The number of hydrogen-bond acceptors (Lipinski definition) is 4. The number of amides is 2. The van der Waals surface area contributed by atoms with Crippen LogP contribution in [0, 0.1) is 6.92 Å². The SMILES string of the molecule is Cc1c[nH]c2ncc(-c3cc4c(c([C@@H]5CCCN5C(=O)O)c3)CN(C(=O)C3(O)CC3)CC4)cc12. The van der Waals surface area contributed by atoms with Crippen molar-refractivity contribution in [3.05, 3.63) is 52.8 Å². The molecule has 3 aromatic rings. The van der Waals surface area contributed by atoms with Crippen LogP contribution in [-0.4, -0.2) is 60.7 Å². The van der Waals surface area contributed by atoms with E-state index in [1.807, 2.05) is 19.3 Å². The summed E-state index contributed by atoms with van der Waals surface area (Å²) in [5, 5.41) is 21.3. The first kappa shape index (κ1) is 21.2. The number of aromatic nitrogens is 2. The highest BCUT2D eigenvalue weighted by Gasteiger charge is 2.50. The summed E-state index contributed by atoms with van der Waals surface area (Å²) in [5.41, 5.74) is 5.92. The van der Waals surface area contributed by atoms with Gasteiger partial charge in [0.1, 0.15) is 11.2 Å². The van der Waals surface area contributed by atoms with E-state index in [0.29, 0.717) is 38.9 Å². The molecule has 3 N–H and O–H groups in total. The molecule has 0 bridgehead atoms. The lowest BCUT2D eigenvalue weighted by Crippen LogP contribution is -2.44. The molecule has 2 aromatic heterocycles. The van der Waals surface area contributed by atoms with Crippen LogP contribution >= 0.6 is 0 Å². The minimum Gasteiger partial charge on any atom is -0.465 e. The Bertz CT molecular complexity index is 1330. The number of likely N-dealkylation sites (tertiary alicyclic amines) is 1. The van der Waals surface area contributed by atoms with E-state index in [1.165, 1.54) is 4.90 Å². The molecule has 1 saturated heterocycles. The number of benzene rings is 1. The van der Waals surface area contributed by atoms with E-state index < -0.39 is 11.7 Å². The van der Waals surface area contributed by atoms with Crippen LogP contribution in [0.4, 0.5) is 4.79 Å². The maximum Gasteiger partial charge on any atom is 0.407 e. The molecule has 0 radical (unpaired) electrons. The summed E-state index contributed by atoms with van der Waals surface area (Å²) in [7, 11) is 0. The maximum absolute atomic E-state index is 12.9. The molecule has 8 nitrogen and oxygen atoms in total. The molecular weight excluding hydrogens is 432 g/mol. The molecule has 3 aliphatic rings. The molecule has 0 unspecified atom stereocenters. The number of hydrogen-bond donors (Lipinski definition) is 3. The number of carboxylic acid groups (broad SMARTS) is 1. The van der Waals surface area contributed by atoms with Crippen molar-refractivity contribution in [1.29, 1.82) is 0 Å². The predicted molar refractivity (Wildman–Crippen MR) is 126 cm³/mol. The zero-order valence-corrected chi connectivity index (χ0v) is 19.2. The fourth-order valence-corrected chi connectivity index (χ4v) is 5.57. The average molecular weight is 461 g/mol. The Balaban J connectivity index is 1.46. The van der Waals surface area contributed by atoms with E-state index in [9.17, 15) is 19.8 Å². The number of nitrogens with zero attached hydrogens (tertiary/aromatic N) is 3. The van der Waals surface area contributed by atoms with Crippen molar-refractivity contribution in [1.82, 2.24) is 19.8 Å². The largest absolute Gasteiger partial charge is 0.465 e. The summed E-state index contributed by atoms with van der Waals surface area (Å²) in [4.78, 5) is 35.9. The van der Waals surface area contributed by atoms with Gasteiger partial charge in [0.15, 0.2) is 0 Å². The fourth-order valence-electron chi connectivity index (χ4n) is 5.57. The number of rotatable bonds is 3. The maximum atomic E-state index is 12.9. The van der Waals surface area contributed by atoms with Crippen molar-refractivity contribution in [2.75, 3.05) is 13.1 Å². The molecule has 0 spiro atoms. The second-order valence-electron chi connectivity index (χ2n) is 9.94. The number of fused-ring (bicyclic) bond motifs is 2. The topological polar surface area (TPSA) is 110 Å². The Morgan fingerprint density at radius 2 is 2.00 bits per heavy atom. The molecule has 1 saturated carbocycles. The summed E-state index contributed by atoms with van der Waals surface area (Å²) in [6.45, 7) is 3.52. The van der Waals surface area contributed by atoms with E-state index in [2.05, 4.69) is 28.2 Å². The van der Waals surface area contributed by atoms with Gasteiger partial charge in [-0.05, 0) is 79.0 Å². The van der Waals surface area contributed by atoms with Crippen molar-refractivity contribution in [3.63, 3.8) is 0 Å². The van der Waals surface area contributed by atoms with Crippen LogP contribution in [-0.2, 0) is 17.8 Å². The Labute approximate surface area is 197 Å². The number of aliphatic hydroxyl groups is 1. The number of H-pyrrole nitrogens is 1. The van der Waals surface area contributed by atoms with Gasteiger partial charge < -0.3 is 25.0 Å². The van der Waals surface area contributed by atoms with Gasteiger partial charge in [-0.3, -0.25) is 4.79 Å². The third-order valence-electron chi connectivity index (χ3n) is 7.71. The second kappa shape index (κ2) is 7.56. The van der Waals surface area contributed by atoms with Gasteiger partial charge in [-0.15, -0.1) is 0 Å². The molecule has 2 fully saturated rings. The van der Waals surface area contributed by atoms with Crippen LogP contribution < -0.4 is 0 Å². The van der Waals surface area contributed by atoms with Crippen LogP contribution in [0.1, 0.15) is 54.0 Å². The number of aromatic amines is 1. The Morgan fingerprint density at radius 3 is 2.76 bits per heavy atom. The second-order valence-corrected chi connectivity index (χ2v) is 9.94. The van der Waals surface area contributed by atoms with Crippen LogP contribution in [0.2, 0.25) is 0 Å². The van der Waals surface area contributed by atoms with Crippen molar-refractivity contribution in [2.24, 2.45) is 0 Å². The molecule has 1 aliphatic carbocycles.